The lowest BCUT2D eigenvalue weighted by molar-refractivity contribution is 0.0301. The summed E-state index contributed by atoms with van der Waals surface area (Å²) in [6.07, 6.45) is 7.64. The van der Waals surface area contributed by atoms with Crippen molar-refractivity contribution in [3.8, 4) is 0 Å². The Morgan fingerprint density at radius 2 is 1.83 bits per heavy atom. The summed E-state index contributed by atoms with van der Waals surface area (Å²) < 4.78 is 5.32. The maximum Gasteiger partial charge on any atom is 0.257 e. The third-order valence-corrected chi connectivity index (χ3v) is 5.52. The number of carbonyl (C=O) groups is 2. The number of hydrogen-bond donors (Lipinski definition) is 0. The Hall–Kier alpha value is -2.87. The van der Waals surface area contributed by atoms with Crippen LogP contribution < -0.4 is 0 Å². The summed E-state index contributed by atoms with van der Waals surface area (Å²) in [5.41, 5.74) is 1.77. The summed E-state index contributed by atoms with van der Waals surface area (Å²) >= 11 is 0. The highest BCUT2D eigenvalue weighted by Gasteiger charge is 2.31. The van der Waals surface area contributed by atoms with Crippen LogP contribution in [-0.2, 0) is 4.74 Å². The van der Waals surface area contributed by atoms with Crippen molar-refractivity contribution < 1.29 is 14.3 Å². The van der Waals surface area contributed by atoms with E-state index in [0.29, 0.717) is 55.5 Å². The van der Waals surface area contributed by atoms with Crippen LogP contribution in [0.3, 0.4) is 0 Å². The minimum atomic E-state index is -0.185. The summed E-state index contributed by atoms with van der Waals surface area (Å²) in [6, 6.07) is 3.27. The lowest BCUT2D eigenvalue weighted by Crippen LogP contribution is -2.41. The minimum Gasteiger partial charge on any atom is -0.378 e. The highest BCUT2D eigenvalue weighted by Crippen LogP contribution is 2.30. The van der Waals surface area contributed by atoms with Crippen LogP contribution in [0.5, 0.6) is 0 Å². The Labute approximate surface area is 169 Å². The van der Waals surface area contributed by atoms with E-state index in [1.165, 1.54) is 0 Å². The second-order valence-corrected chi connectivity index (χ2v) is 7.38. The SMILES string of the molecule is Cc1nc(C2CCCCN2C(=O)c2ccncc2)ncc1C(=O)N1CCOCC1. The molecule has 0 spiro atoms. The summed E-state index contributed by atoms with van der Waals surface area (Å²) in [7, 11) is 0. The molecule has 2 amide bonds. The van der Waals surface area contributed by atoms with Gasteiger partial charge in [0, 0.05) is 43.8 Å². The first-order valence-corrected chi connectivity index (χ1v) is 10.1. The van der Waals surface area contributed by atoms with Gasteiger partial charge in [-0.05, 0) is 38.3 Å². The van der Waals surface area contributed by atoms with Gasteiger partial charge in [-0.2, -0.15) is 0 Å². The van der Waals surface area contributed by atoms with Crippen LogP contribution in [0, 0.1) is 6.92 Å². The molecule has 8 heteroatoms. The topological polar surface area (TPSA) is 88.5 Å². The summed E-state index contributed by atoms with van der Waals surface area (Å²) in [4.78, 5) is 42.6. The van der Waals surface area contributed by atoms with Crippen molar-refractivity contribution in [3.63, 3.8) is 0 Å². The number of morpholine rings is 1. The van der Waals surface area contributed by atoms with E-state index in [2.05, 4.69) is 15.0 Å². The predicted molar refractivity (Wildman–Crippen MR) is 105 cm³/mol. The third kappa shape index (κ3) is 4.12. The van der Waals surface area contributed by atoms with Gasteiger partial charge in [0.15, 0.2) is 5.82 Å². The second-order valence-electron chi connectivity index (χ2n) is 7.38. The summed E-state index contributed by atoms with van der Waals surface area (Å²) in [5, 5.41) is 0. The van der Waals surface area contributed by atoms with Crippen molar-refractivity contribution in [3.05, 3.63) is 53.4 Å². The Morgan fingerprint density at radius 3 is 2.55 bits per heavy atom. The maximum absolute atomic E-state index is 13.0. The van der Waals surface area contributed by atoms with Gasteiger partial charge in [-0.1, -0.05) is 0 Å². The normalized spacial score (nSPS) is 19.8. The number of nitrogens with zero attached hydrogens (tertiary/aromatic N) is 5. The minimum absolute atomic E-state index is 0.0353. The lowest BCUT2D eigenvalue weighted by Gasteiger charge is -2.35. The van der Waals surface area contributed by atoms with E-state index in [1.807, 2.05) is 11.8 Å². The Morgan fingerprint density at radius 1 is 1.07 bits per heavy atom. The molecule has 1 atom stereocenters. The highest BCUT2D eigenvalue weighted by molar-refractivity contribution is 5.95. The maximum atomic E-state index is 13.0. The predicted octanol–water partition coefficient (Wildman–Crippen LogP) is 2.02. The van der Waals surface area contributed by atoms with E-state index < -0.39 is 0 Å². The quantitative estimate of drug-likeness (QED) is 0.790. The molecule has 2 saturated heterocycles. The van der Waals surface area contributed by atoms with E-state index in [4.69, 9.17) is 4.74 Å². The van der Waals surface area contributed by atoms with Crippen LogP contribution in [0.2, 0.25) is 0 Å². The number of aromatic nitrogens is 3. The van der Waals surface area contributed by atoms with Crippen LogP contribution in [0.1, 0.15) is 57.5 Å². The average molecular weight is 395 g/mol. The smallest absolute Gasteiger partial charge is 0.257 e. The molecule has 2 aromatic rings. The van der Waals surface area contributed by atoms with E-state index in [9.17, 15) is 9.59 Å². The zero-order chi connectivity index (χ0) is 20.2. The Balaban J connectivity index is 1.57. The van der Waals surface area contributed by atoms with Gasteiger partial charge in [0.2, 0.25) is 0 Å². The molecule has 0 radical (unpaired) electrons. The van der Waals surface area contributed by atoms with Crippen LogP contribution in [0.4, 0.5) is 0 Å². The van der Waals surface area contributed by atoms with Crippen LogP contribution >= 0.6 is 0 Å². The van der Waals surface area contributed by atoms with Gasteiger partial charge < -0.3 is 14.5 Å². The molecule has 2 aliphatic rings. The van der Waals surface area contributed by atoms with Crippen molar-refractivity contribution in [1.29, 1.82) is 0 Å². The van der Waals surface area contributed by atoms with E-state index in [0.717, 1.165) is 19.3 Å². The van der Waals surface area contributed by atoms with Gasteiger partial charge >= 0.3 is 0 Å². The van der Waals surface area contributed by atoms with Gasteiger partial charge in [-0.3, -0.25) is 14.6 Å². The number of amides is 2. The fraction of sp³-hybridized carbons (Fsp3) is 0.476. The fourth-order valence-corrected chi connectivity index (χ4v) is 3.90. The molecule has 1 unspecified atom stereocenters. The molecule has 0 saturated carbocycles. The lowest BCUT2D eigenvalue weighted by atomic mass is 10.00. The number of hydrogen-bond acceptors (Lipinski definition) is 6. The zero-order valence-electron chi connectivity index (χ0n) is 16.6. The standard InChI is InChI=1S/C21H25N5O3/c1-15-17(21(28)25-10-12-29-13-11-25)14-23-19(24-15)18-4-2-3-9-26(18)20(27)16-5-7-22-8-6-16/h5-8,14,18H,2-4,9-13H2,1H3. The van der Waals surface area contributed by atoms with Gasteiger partial charge in [0.25, 0.3) is 11.8 Å². The number of pyridine rings is 1. The highest BCUT2D eigenvalue weighted by atomic mass is 16.5. The molecule has 0 aliphatic carbocycles. The molecule has 0 aromatic carbocycles. The van der Waals surface area contributed by atoms with E-state index in [-0.39, 0.29) is 17.9 Å². The van der Waals surface area contributed by atoms with Crippen LogP contribution in [0.25, 0.3) is 0 Å². The van der Waals surface area contributed by atoms with E-state index >= 15 is 0 Å². The first-order chi connectivity index (χ1) is 14.1. The van der Waals surface area contributed by atoms with Gasteiger partial charge in [0.1, 0.15) is 0 Å². The van der Waals surface area contributed by atoms with Crippen molar-refractivity contribution in [1.82, 2.24) is 24.8 Å². The number of aryl methyl sites for hydroxylation is 1. The zero-order valence-corrected chi connectivity index (χ0v) is 16.6. The summed E-state index contributed by atoms with van der Waals surface area (Å²) in [5.74, 6) is 0.501. The number of piperidine rings is 1. The molecule has 0 N–H and O–H groups in total. The largest absolute Gasteiger partial charge is 0.378 e. The second kappa shape index (κ2) is 8.65. The Kier molecular flexibility index (Phi) is 5.80. The van der Waals surface area contributed by atoms with Gasteiger partial charge in [-0.25, -0.2) is 9.97 Å². The van der Waals surface area contributed by atoms with Gasteiger partial charge in [0.05, 0.1) is 30.5 Å². The molecular weight excluding hydrogens is 370 g/mol. The van der Waals surface area contributed by atoms with Crippen molar-refractivity contribution in [2.75, 3.05) is 32.8 Å². The van der Waals surface area contributed by atoms with Crippen LogP contribution in [-0.4, -0.2) is 69.4 Å². The third-order valence-electron chi connectivity index (χ3n) is 5.52. The number of likely N-dealkylation sites (tertiary alicyclic amines) is 1. The van der Waals surface area contributed by atoms with Crippen molar-refractivity contribution >= 4 is 11.8 Å². The molecule has 2 aliphatic heterocycles. The van der Waals surface area contributed by atoms with Crippen molar-refractivity contribution in [2.24, 2.45) is 0 Å². The first kappa shape index (κ1) is 19.4. The molecule has 152 valence electrons. The average Bonchev–Trinajstić information content (AvgIpc) is 2.79. The van der Waals surface area contributed by atoms with Crippen LogP contribution in [0.15, 0.2) is 30.7 Å². The van der Waals surface area contributed by atoms with E-state index in [1.54, 1.807) is 35.6 Å². The van der Waals surface area contributed by atoms with Gasteiger partial charge in [-0.15, -0.1) is 0 Å². The molecule has 2 aromatic heterocycles. The monoisotopic (exact) mass is 395 g/mol. The first-order valence-electron chi connectivity index (χ1n) is 10.1. The fourth-order valence-electron chi connectivity index (χ4n) is 3.90. The number of rotatable bonds is 3. The molecular formula is C21H25N5O3. The van der Waals surface area contributed by atoms with Crippen molar-refractivity contribution in [2.45, 2.75) is 32.2 Å². The Bertz CT molecular complexity index is 883. The molecule has 4 rings (SSSR count). The number of carbonyl (C=O) groups excluding carboxylic acids is 2. The molecule has 4 heterocycles. The molecule has 8 nitrogen and oxygen atoms in total. The number of ether oxygens (including phenoxy) is 1. The molecule has 29 heavy (non-hydrogen) atoms. The molecule has 2 fully saturated rings. The molecule has 0 bridgehead atoms. The summed E-state index contributed by atoms with van der Waals surface area (Å²) in [6.45, 7) is 4.77.